The van der Waals surface area contributed by atoms with E-state index in [0.29, 0.717) is 0 Å². The van der Waals surface area contributed by atoms with Gasteiger partial charge in [0.05, 0.1) is 0 Å². The molecule has 0 spiro atoms. The average molecular weight is 366 g/mol. The molecule has 2 aromatic carbocycles. The second-order valence-electron chi connectivity index (χ2n) is 4.07. The SMILES string of the molecule is Clc1ccc(-c2c[te]c(-c3ccccc3)c2)cc1. The molecule has 0 nitrogen and oxygen atoms in total. The normalized spacial score (nSPS) is 10.5. The van der Waals surface area contributed by atoms with Crippen LogP contribution < -0.4 is 0 Å². The summed E-state index contributed by atoms with van der Waals surface area (Å²) < 4.78 is 3.90. The van der Waals surface area contributed by atoms with Crippen LogP contribution in [0.1, 0.15) is 0 Å². The van der Waals surface area contributed by atoms with E-state index in [4.69, 9.17) is 11.6 Å². The Balaban J connectivity index is 1.97. The van der Waals surface area contributed by atoms with Crippen LogP contribution in [-0.2, 0) is 0 Å². The van der Waals surface area contributed by atoms with Crippen LogP contribution in [0.15, 0.2) is 64.7 Å². The summed E-state index contributed by atoms with van der Waals surface area (Å²) in [6.07, 6.45) is 0. The Labute approximate surface area is 121 Å². The van der Waals surface area contributed by atoms with Gasteiger partial charge >= 0.3 is 122 Å². The van der Waals surface area contributed by atoms with Crippen molar-refractivity contribution in [2.75, 3.05) is 0 Å². The minimum atomic E-state index is -0.194. The molecule has 1 heterocycles. The van der Waals surface area contributed by atoms with Gasteiger partial charge in [0.25, 0.3) is 0 Å². The number of hydrogen-bond donors (Lipinski definition) is 0. The van der Waals surface area contributed by atoms with Gasteiger partial charge in [-0.2, -0.15) is 0 Å². The fourth-order valence-corrected chi connectivity index (χ4v) is 4.65. The Bertz CT molecular complexity index is 638. The molecule has 0 aliphatic rings. The molecule has 0 N–H and O–H groups in total. The summed E-state index contributed by atoms with van der Waals surface area (Å²) in [7, 11) is 0. The summed E-state index contributed by atoms with van der Waals surface area (Å²) in [5.41, 5.74) is 3.96. The zero-order valence-electron chi connectivity index (χ0n) is 9.64. The molecule has 0 saturated heterocycles. The maximum atomic E-state index is 5.92. The van der Waals surface area contributed by atoms with Crippen LogP contribution in [0.4, 0.5) is 0 Å². The van der Waals surface area contributed by atoms with E-state index in [1.54, 1.807) is 0 Å². The third-order valence-corrected chi connectivity index (χ3v) is 5.88. The Hall–Kier alpha value is -1.00. The van der Waals surface area contributed by atoms with Crippen molar-refractivity contribution < 1.29 is 0 Å². The molecule has 0 aliphatic carbocycles. The van der Waals surface area contributed by atoms with Crippen LogP contribution in [0.5, 0.6) is 0 Å². The van der Waals surface area contributed by atoms with Crippen molar-refractivity contribution in [2.45, 2.75) is 0 Å². The third-order valence-electron chi connectivity index (χ3n) is 2.84. The van der Waals surface area contributed by atoms with Crippen LogP contribution in [0.2, 0.25) is 5.02 Å². The van der Waals surface area contributed by atoms with Crippen molar-refractivity contribution in [3.05, 3.63) is 69.8 Å². The van der Waals surface area contributed by atoms with Crippen molar-refractivity contribution in [1.82, 2.24) is 0 Å². The van der Waals surface area contributed by atoms with Gasteiger partial charge in [0.1, 0.15) is 0 Å². The topological polar surface area (TPSA) is 0 Å². The molecule has 3 rings (SSSR count). The van der Waals surface area contributed by atoms with Gasteiger partial charge in [-0.15, -0.1) is 0 Å². The number of halogens is 1. The third kappa shape index (κ3) is 2.54. The first kappa shape index (κ1) is 12.1. The van der Waals surface area contributed by atoms with E-state index in [1.165, 1.54) is 20.3 Å². The van der Waals surface area contributed by atoms with Crippen molar-refractivity contribution in [2.24, 2.45) is 0 Å². The molecule has 2 heteroatoms. The van der Waals surface area contributed by atoms with E-state index in [-0.39, 0.29) is 20.4 Å². The van der Waals surface area contributed by atoms with E-state index < -0.39 is 0 Å². The summed E-state index contributed by atoms with van der Waals surface area (Å²) in [4.78, 5) is 0. The first-order chi connectivity index (χ1) is 8.83. The first-order valence-corrected chi connectivity index (χ1v) is 8.62. The fourth-order valence-electron chi connectivity index (χ4n) is 1.88. The monoisotopic (exact) mass is 368 g/mol. The zero-order valence-corrected chi connectivity index (χ0v) is 12.7. The molecule has 0 amide bonds. The van der Waals surface area contributed by atoms with E-state index in [2.05, 4.69) is 52.6 Å². The molecule has 0 aliphatic heterocycles. The zero-order chi connectivity index (χ0) is 12.4. The Morgan fingerprint density at radius 3 is 2.17 bits per heavy atom. The van der Waals surface area contributed by atoms with Crippen molar-refractivity contribution in [1.29, 1.82) is 0 Å². The predicted octanol–water partition coefficient (Wildman–Crippen LogP) is 4.73. The Morgan fingerprint density at radius 1 is 0.722 bits per heavy atom. The molecular formula is C16H11ClTe. The second kappa shape index (κ2) is 5.33. The number of rotatable bonds is 2. The van der Waals surface area contributed by atoms with Crippen LogP contribution in [0.25, 0.3) is 20.3 Å². The van der Waals surface area contributed by atoms with Crippen molar-refractivity contribution in [3.8, 4) is 20.3 Å². The number of benzene rings is 2. The molecule has 18 heavy (non-hydrogen) atoms. The van der Waals surface area contributed by atoms with Crippen molar-refractivity contribution in [3.63, 3.8) is 0 Å². The van der Waals surface area contributed by atoms with Crippen LogP contribution in [-0.4, -0.2) is 20.4 Å². The molecule has 0 saturated carbocycles. The molecule has 0 bridgehead atoms. The standard InChI is InChI=1S/C16H11ClTe/c17-15-8-6-12(7-9-15)14-10-16(18-11-14)13-4-2-1-3-5-13/h1-11H. The minimum absolute atomic E-state index is 0.194. The van der Waals surface area contributed by atoms with Gasteiger partial charge in [-0.05, 0) is 0 Å². The van der Waals surface area contributed by atoms with E-state index in [1.807, 2.05) is 12.1 Å². The summed E-state index contributed by atoms with van der Waals surface area (Å²) in [6, 6.07) is 21.0. The quantitative estimate of drug-likeness (QED) is 0.575. The molecule has 0 radical (unpaired) electrons. The van der Waals surface area contributed by atoms with E-state index >= 15 is 0 Å². The van der Waals surface area contributed by atoms with Gasteiger partial charge in [0, 0.05) is 0 Å². The summed E-state index contributed by atoms with van der Waals surface area (Å²) in [6.45, 7) is 0. The van der Waals surface area contributed by atoms with E-state index in [9.17, 15) is 0 Å². The van der Waals surface area contributed by atoms with Gasteiger partial charge in [-0.1, -0.05) is 0 Å². The summed E-state index contributed by atoms with van der Waals surface area (Å²) in [5.74, 6) is 0. The van der Waals surface area contributed by atoms with Gasteiger partial charge in [-0.3, -0.25) is 0 Å². The average Bonchev–Trinajstić information content (AvgIpc) is 2.90. The van der Waals surface area contributed by atoms with Gasteiger partial charge in [0.2, 0.25) is 0 Å². The fraction of sp³-hybridized carbons (Fsp3) is 0. The van der Waals surface area contributed by atoms with Crippen LogP contribution in [0, 0.1) is 0 Å². The summed E-state index contributed by atoms with van der Waals surface area (Å²) in [5, 5.41) is 0.793. The van der Waals surface area contributed by atoms with Gasteiger partial charge in [-0.25, -0.2) is 0 Å². The van der Waals surface area contributed by atoms with Crippen molar-refractivity contribution >= 4 is 32.0 Å². The molecular weight excluding hydrogens is 355 g/mol. The molecule has 0 unspecified atom stereocenters. The van der Waals surface area contributed by atoms with Crippen LogP contribution in [0.3, 0.4) is 0 Å². The van der Waals surface area contributed by atoms with Gasteiger partial charge in [0.15, 0.2) is 0 Å². The van der Waals surface area contributed by atoms with Crippen LogP contribution >= 0.6 is 11.6 Å². The van der Waals surface area contributed by atoms with Gasteiger partial charge < -0.3 is 0 Å². The van der Waals surface area contributed by atoms with E-state index in [0.717, 1.165) is 5.02 Å². The summed E-state index contributed by atoms with van der Waals surface area (Å²) >= 11 is 5.72. The Morgan fingerprint density at radius 2 is 1.44 bits per heavy atom. The molecule has 0 atom stereocenters. The molecule has 0 fully saturated rings. The first-order valence-electron chi connectivity index (χ1n) is 5.73. The predicted molar refractivity (Wildman–Crippen MR) is 79.3 cm³/mol. The molecule has 88 valence electrons. The second-order valence-corrected chi connectivity index (χ2v) is 7.11. The molecule has 1 aromatic heterocycles. The maximum absolute atomic E-state index is 5.92. The Kier molecular flexibility index (Phi) is 3.57. The molecule has 3 aromatic rings. The number of hydrogen-bond acceptors (Lipinski definition) is 0.